The van der Waals surface area contributed by atoms with Crippen LogP contribution in [0.1, 0.15) is 41.8 Å². The molecule has 0 aliphatic heterocycles. The lowest BCUT2D eigenvalue weighted by molar-refractivity contribution is 0.0988. The van der Waals surface area contributed by atoms with E-state index in [1.165, 1.54) is 11.1 Å². The maximum atomic E-state index is 11.6. The standard InChI is InChI=1S/C18H21NO/c1-3-14-7-5-6-8-16(14)13-19-17-11-9-15(10-12-17)18(20)4-2/h5-12,19H,3-4,13H2,1-2H3. The van der Waals surface area contributed by atoms with Gasteiger partial charge in [0.25, 0.3) is 0 Å². The number of aryl methyl sites for hydroxylation is 1. The fraction of sp³-hybridized carbons (Fsp3) is 0.278. The molecule has 0 amide bonds. The molecule has 0 unspecified atom stereocenters. The highest BCUT2D eigenvalue weighted by Gasteiger charge is 2.03. The molecule has 0 radical (unpaired) electrons. The Morgan fingerprint density at radius 3 is 2.20 bits per heavy atom. The molecule has 2 rings (SSSR count). The van der Waals surface area contributed by atoms with Gasteiger partial charge in [0.1, 0.15) is 0 Å². The second-order valence-corrected chi connectivity index (χ2v) is 4.83. The van der Waals surface area contributed by atoms with Crippen molar-refractivity contribution < 1.29 is 4.79 Å². The molecule has 0 saturated carbocycles. The summed E-state index contributed by atoms with van der Waals surface area (Å²) in [4.78, 5) is 11.6. The molecule has 1 N–H and O–H groups in total. The van der Waals surface area contributed by atoms with Crippen LogP contribution in [0.4, 0.5) is 5.69 Å². The molecule has 0 atom stereocenters. The summed E-state index contributed by atoms with van der Waals surface area (Å²) in [5, 5.41) is 3.41. The highest BCUT2D eigenvalue weighted by atomic mass is 16.1. The number of benzene rings is 2. The fourth-order valence-electron chi connectivity index (χ4n) is 2.25. The van der Waals surface area contributed by atoms with E-state index in [0.717, 1.165) is 24.2 Å². The van der Waals surface area contributed by atoms with Crippen LogP contribution in [-0.2, 0) is 13.0 Å². The van der Waals surface area contributed by atoms with Crippen molar-refractivity contribution in [3.63, 3.8) is 0 Å². The van der Waals surface area contributed by atoms with Crippen LogP contribution in [0.3, 0.4) is 0 Å². The minimum Gasteiger partial charge on any atom is -0.381 e. The summed E-state index contributed by atoms with van der Waals surface area (Å²) in [7, 11) is 0. The van der Waals surface area contributed by atoms with Crippen molar-refractivity contribution in [1.29, 1.82) is 0 Å². The Morgan fingerprint density at radius 2 is 1.60 bits per heavy atom. The van der Waals surface area contributed by atoms with Gasteiger partial charge in [-0.05, 0) is 41.8 Å². The number of Topliss-reactive ketones (excluding diaryl/α,β-unsaturated/α-hetero) is 1. The molecule has 0 heterocycles. The average Bonchev–Trinajstić information content (AvgIpc) is 2.53. The second-order valence-electron chi connectivity index (χ2n) is 4.83. The van der Waals surface area contributed by atoms with Gasteiger partial charge in [0.15, 0.2) is 5.78 Å². The minimum atomic E-state index is 0.188. The largest absolute Gasteiger partial charge is 0.381 e. The van der Waals surface area contributed by atoms with Gasteiger partial charge in [0.2, 0.25) is 0 Å². The highest BCUT2D eigenvalue weighted by molar-refractivity contribution is 5.96. The minimum absolute atomic E-state index is 0.188. The zero-order valence-corrected chi connectivity index (χ0v) is 12.1. The third kappa shape index (κ3) is 3.47. The monoisotopic (exact) mass is 267 g/mol. The average molecular weight is 267 g/mol. The van der Waals surface area contributed by atoms with E-state index in [4.69, 9.17) is 0 Å². The summed E-state index contributed by atoms with van der Waals surface area (Å²) in [5.41, 5.74) is 4.53. The molecule has 0 aliphatic rings. The third-order valence-electron chi connectivity index (χ3n) is 3.51. The molecule has 0 fully saturated rings. The van der Waals surface area contributed by atoms with Crippen molar-refractivity contribution in [3.8, 4) is 0 Å². The Hall–Kier alpha value is -2.09. The first-order chi connectivity index (χ1) is 9.74. The Kier molecular flexibility index (Phi) is 4.94. The molecule has 0 aromatic heterocycles. The molecule has 2 nitrogen and oxygen atoms in total. The predicted octanol–water partition coefficient (Wildman–Crippen LogP) is 4.45. The van der Waals surface area contributed by atoms with E-state index in [1.807, 2.05) is 31.2 Å². The number of anilines is 1. The van der Waals surface area contributed by atoms with Crippen molar-refractivity contribution in [1.82, 2.24) is 0 Å². The lowest BCUT2D eigenvalue weighted by Gasteiger charge is -2.10. The summed E-state index contributed by atoms with van der Waals surface area (Å²) in [6, 6.07) is 16.2. The maximum absolute atomic E-state index is 11.6. The summed E-state index contributed by atoms with van der Waals surface area (Å²) in [5.74, 6) is 0.188. The molecule has 20 heavy (non-hydrogen) atoms. The van der Waals surface area contributed by atoms with Gasteiger partial charge >= 0.3 is 0 Å². The first-order valence-electron chi connectivity index (χ1n) is 7.18. The van der Waals surface area contributed by atoms with Crippen LogP contribution in [0.5, 0.6) is 0 Å². The molecule has 0 saturated heterocycles. The van der Waals surface area contributed by atoms with Gasteiger partial charge in [-0.25, -0.2) is 0 Å². The molecule has 0 bridgehead atoms. The van der Waals surface area contributed by atoms with Crippen molar-refractivity contribution >= 4 is 11.5 Å². The molecule has 104 valence electrons. The molecule has 2 heteroatoms. The van der Waals surface area contributed by atoms with E-state index >= 15 is 0 Å². The highest BCUT2D eigenvalue weighted by Crippen LogP contribution is 2.15. The number of hydrogen-bond donors (Lipinski definition) is 1. The molecular formula is C18H21NO. The number of carbonyl (C=O) groups is 1. The van der Waals surface area contributed by atoms with Crippen molar-refractivity contribution in [2.75, 3.05) is 5.32 Å². The lowest BCUT2D eigenvalue weighted by Crippen LogP contribution is -2.03. The van der Waals surface area contributed by atoms with Crippen LogP contribution in [0.2, 0.25) is 0 Å². The number of rotatable bonds is 6. The normalized spacial score (nSPS) is 10.3. The third-order valence-corrected chi connectivity index (χ3v) is 3.51. The number of hydrogen-bond acceptors (Lipinski definition) is 2. The van der Waals surface area contributed by atoms with Crippen molar-refractivity contribution in [2.24, 2.45) is 0 Å². The SMILES string of the molecule is CCC(=O)c1ccc(NCc2ccccc2CC)cc1. The number of ketones is 1. The smallest absolute Gasteiger partial charge is 0.162 e. The molecule has 0 spiro atoms. The molecular weight excluding hydrogens is 246 g/mol. The van der Waals surface area contributed by atoms with Gasteiger partial charge in [0.05, 0.1) is 0 Å². The van der Waals surface area contributed by atoms with Crippen LogP contribution < -0.4 is 5.32 Å². The van der Waals surface area contributed by atoms with E-state index in [1.54, 1.807) is 0 Å². The summed E-state index contributed by atoms with van der Waals surface area (Å²) in [6.45, 7) is 4.87. The molecule has 2 aromatic carbocycles. The van der Waals surface area contributed by atoms with Crippen LogP contribution in [0.15, 0.2) is 48.5 Å². The zero-order chi connectivity index (χ0) is 14.4. The van der Waals surface area contributed by atoms with Gasteiger partial charge in [-0.1, -0.05) is 38.1 Å². The van der Waals surface area contributed by atoms with Gasteiger partial charge < -0.3 is 5.32 Å². The Labute approximate surface area is 120 Å². The van der Waals surface area contributed by atoms with Crippen molar-refractivity contribution in [3.05, 3.63) is 65.2 Å². The quantitative estimate of drug-likeness (QED) is 0.783. The molecule has 2 aromatic rings. The first-order valence-corrected chi connectivity index (χ1v) is 7.18. The van der Waals surface area contributed by atoms with E-state index in [-0.39, 0.29) is 5.78 Å². The summed E-state index contributed by atoms with van der Waals surface area (Å²) < 4.78 is 0. The predicted molar refractivity (Wildman–Crippen MR) is 84.2 cm³/mol. The van der Waals surface area contributed by atoms with Crippen molar-refractivity contribution in [2.45, 2.75) is 33.2 Å². The van der Waals surface area contributed by atoms with Crippen LogP contribution in [-0.4, -0.2) is 5.78 Å². The van der Waals surface area contributed by atoms with Gasteiger partial charge in [-0.3, -0.25) is 4.79 Å². The Bertz CT molecular complexity index is 572. The van der Waals surface area contributed by atoms with E-state index in [2.05, 4.69) is 36.5 Å². The fourth-order valence-corrected chi connectivity index (χ4v) is 2.25. The Morgan fingerprint density at radius 1 is 0.950 bits per heavy atom. The molecule has 0 aliphatic carbocycles. The first kappa shape index (κ1) is 14.3. The zero-order valence-electron chi connectivity index (χ0n) is 12.1. The number of nitrogens with one attached hydrogen (secondary N) is 1. The van der Waals surface area contributed by atoms with Gasteiger partial charge in [0, 0.05) is 24.2 Å². The topological polar surface area (TPSA) is 29.1 Å². The lowest BCUT2D eigenvalue weighted by atomic mass is 10.1. The van der Waals surface area contributed by atoms with Gasteiger partial charge in [-0.2, -0.15) is 0 Å². The van der Waals surface area contributed by atoms with Crippen LogP contribution in [0.25, 0.3) is 0 Å². The second kappa shape index (κ2) is 6.90. The van der Waals surface area contributed by atoms with E-state index in [9.17, 15) is 4.79 Å². The maximum Gasteiger partial charge on any atom is 0.162 e. The van der Waals surface area contributed by atoms with Crippen LogP contribution >= 0.6 is 0 Å². The summed E-state index contributed by atoms with van der Waals surface area (Å²) >= 11 is 0. The summed E-state index contributed by atoms with van der Waals surface area (Å²) in [6.07, 6.45) is 1.60. The van der Waals surface area contributed by atoms with E-state index < -0.39 is 0 Å². The Balaban J connectivity index is 2.02. The van der Waals surface area contributed by atoms with Gasteiger partial charge in [-0.15, -0.1) is 0 Å². The van der Waals surface area contributed by atoms with E-state index in [0.29, 0.717) is 6.42 Å². The van der Waals surface area contributed by atoms with Crippen LogP contribution in [0, 0.1) is 0 Å². The number of carbonyl (C=O) groups excluding carboxylic acids is 1.